The average molecular weight is 508 g/mol. The summed E-state index contributed by atoms with van der Waals surface area (Å²) >= 11 is 1.77. The Hall–Kier alpha value is -2.13. The fourth-order valence-electron chi connectivity index (χ4n) is 2.72. The number of pyridine rings is 1. The van der Waals surface area contributed by atoms with Crippen molar-refractivity contribution < 1.29 is 0 Å². The quantitative estimate of drug-likeness (QED) is 0.292. The predicted molar refractivity (Wildman–Crippen MR) is 128 cm³/mol. The summed E-state index contributed by atoms with van der Waals surface area (Å²) in [4.78, 5) is 17.4. The number of thiophene rings is 1. The lowest BCUT2D eigenvalue weighted by Crippen LogP contribution is -2.37. The van der Waals surface area contributed by atoms with Crippen LogP contribution in [0, 0.1) is 0 Å². The zero-order valence-electron chi connectivity index (χ0n) is 15.8. The molecule has 0 unspecified atom stereocenters. The van der Waals surface area contributed by atoms with E-state index in [9.17, 15) is 4.79 Å². The van der Waals surface area contributed by atoms with Gasteiger partial charge in [0.05, 0.1) is 6.54 Å². The Kier molecular flexibility index (Phi) is 9.22. The second kappa shape index (κ2) is 11.7. The summed E-state index contributed by atoms with van der Waals surface area (Å²) in [5.41, 5.74) is 2.28. The molecule has 0 aliphatic heterocycles. The molecule has 3 aromatic rings. The number of hydrogen-bond acceptors (Lipinski definition) is 3. The summed E-state index contributed by atoms with van der Waals surface area (Å²) in [6.07, 6.45) is 2.80. The monoisotopic (exact) mass is 508 g/mol. The van der Waals surface area contributed by atoms with Crippen molar-refractivity contribution >= 4 is 41.3 Å². The maximum atomic E-state index is 11.8. The van der Waals surface area contributed by atoms with Crippen molar-refractivity contribution in [3.05, 3.63) is 92.5 Å². The van der Waals surface area contributed by atoms with E-state index in [0.717, 1.165) is 24.5 Å². The molecule has 148 valence electrons. The fraction of sp³-hybridized carbons (Fsp3) is 0.238. The molecule has 5 nitrogen and oxygen atoms in total. The topological polar surface area (TPSA) is 58.4 Å². The van der Waals surface area contributed by atoms with Gasteiger partial charge in [-0.3, -0.25) is 9.79 Å². The van der Waals surface area contributed by atoms with Crippen molar-refractivity contribution in [3.8, 4) is 0 Å². The molecule has 0 fully saturated rings. The molecule has 2 heterocycles. The summed E-state index contributed by atoms with van der Waals surface area (Å²) in [5.74, 6) is 0.798. The van der Waals surface area contributed by atoms with Crippen LogP contribution in [0.15, 0.2) is 76.0 Å². The van der Waals surface area contributed by atoms with Crippen LogP contribution in [0.5, 0.6) is 0 Å². The third-order valence-corrected chi connectivity index (χ3v) is 5.14. The van der Waals surface area contributed by atoms with Gasteiger partial charge in [0.1, 0.15) is 0 Å². The molecule has 0 amide bonds. The fourth-order valence-corrected chi connectivity index (χ4v) is 3.42. The highest BCUT2D eigenvalue weighted by Crippen LogP contribution is 2.08. The van der Waals surface area contributed by atoms with Gasteiger partial charge in [0.25, 0.3) is 5.56 Å². The number of benzene rings is 1. The first-order valence-corrected chi connectivity index (χ1v) is 9.83. The second-order valence-electron chi connectivity index (χ2n) is 6.17. The Balaban J connectivity index is 0.00000280. The van der Waals surface area contributed by atoms with E-state index in [1.165, 1.54) is 10.4 Å². The highest BCUT2D eigenvalue weighted by atomic mass is 127. The Morgan fingerprint density at radius 1 is 1.04 bits per heavy atom. The van der Waals surface area contributed by atoms with Crippen LogP contribution in [0.4, 0.5) is 0 Å². The summed E-state index contributed by atoms with van der Waals surface area (Å²) in [6.45, 7) is 2.13. The standard InChI is InChI=1S/C21H24N4OS.HI/c1-22-21(23-12-11-19-5-4-14-27-19)24-15-17-7-9-18(10-8-17)16-25-13-3-2-6-20(25)26;/h2-10,13-14H,11-12,15-16H2,1H3,(H2,22,23,24);1H. The number of halogens is 1. The van der Waals surface area contributed by atoms with Gasteiger partial charge in [-0.1, -0.05) is 36.4 Å². The summed E-state index contributed by atoms with van der Waals surface area (Å²) in [6, 6.07) is 17.7. The predicted octanol–water partition coefficient (Wildman–Crippen LogP) is 3.48. The molecule has 0 bridgehead atoms. The minimum Gasteiger partial charge on any atom is -0.356 e. The molecular weight excluding hydrogens is 483 g/mol. The molecule has 2 aromatic heterocycles. The van der Waals surface area contributed by atoms with Gasteiger partial charge in [0.15, 0.2) is 5.96 Å². The van der Waals surface area contributed by atoms with Crippen LogP contribution >= 0.6 is 35.3 Å². The third-order valence-electron chi connectivity index (χ3n) is 4.20. The molecule has 1 aromatic carbocycles. The van der Waals surface area contributed by atoms with Crippen molar-refractivity contribution in [2.45, 2.75) is 19.5 Å². The molecule has 28 heavy (non-hydrogen) atoms. The Labute approximate surface area is 186 Å². The summed E-state index contributed by atoms with van der Waals surface area (Å²) in [7, 11) is 1.78. The molecule has 0 radical (unpaired) electrons. The molecule has 0 aliphatic rings. The lowest BCUT2D eigenvalue weighted by molar-refractivity contribution is 0.758. The van der Waals surface area contributed by atoms with Crippen LogP contribution in [0.2, 0.25) is 0 Å². The zero-order chi connectivity index (χ0) is 18.9. The van der Waals surface area contributed by atoms with Gasteiger partial charge in [-0.15, -0.1) is 35.3 Å². The number of aliphatic imine (C=N–C) groups is 1. The van der Waals surface area contributed by atoms with E-state index in [-0.39, 0.29) is 29.5 Å². The van der Waals surface area contributed by atoms with Gasteiger partial charge in [0.2, 0.25) is 0 Å². The van der Waals surface area contributed by atoms with E-state index in [4.69, 9.17) is 0 Å². The van der Waals surface area contributed by atoms with Gasteiger partial charge in [-0.25, -0.2) is 0 Å². The van der Waals surface area contributed by atoms with Crippen molar-refractivity contribution in [2.75, 3.05) is 13.6 Å². The van der Waals surface area contributed by atoms with Crippen molar-refractivity contribution in [1.29, 1.82) is 0 Å². The van der Waals surface area contributed by atoms with Gasteiger partial charge in [0, 0.05) is 37.3 Å². The molecule has 0 saturated heterocycles. The number of nitrogens with zero attached hydrogens (tertiary/aromatic N) is 2. The Morgan fingerprint density at radius 3 is 2.50 bits per heavy atom. The van der Waals surface area contributed by atoms with Crippen LogP contribution in [0.25, 0.3) is 0 Å². The first kappa shape index (κ1) is 22.2. The zero-order valence-corrected chi connectivity index (χ0v) is 18.9. The van der Waals surface area contributed by atoms with E-state index < -0.39 is 0 Å². The Bertz CT molecular complexity index is 920. The van der Waals surface area contributed by atoms with Gasteiger partial charge >= 0.3 is 0 Å². The van der Waals surface area contributed by atoms with E-state index in [2.05, 4.69) is 57.4 Å². The molecule has 0 atom stereocenters. The van der Waals surface area contributed by atoms with E-state index >= 15 is 0 Å². The average Bonchev–Trinajstić information content (AvgIpc) is 3.21. The highest BCUT2D eigenvalue weighted by Gasteiger charge is 2.01. The Morgan fingerprint density at radius 2 is 1.82 bits per heavy atom. The first-order chi connectivity index (χ1) is 13.2. The summed E-state index contributed by atoms with van der Waals surface area (Å²) < 4.78 is 1.70. The molecule has 2 N–H and O–H groups in total. The third kappa shape index (κ3) is 6.79. The largest absolute Gasteiger partial charge is 0.356 e. The number of guanidine groups is 1. The van der Waals surface area contributed by atoms with Crippen molar-refractivity contribution in [2.24, 2.45) is 4.99 Å². The second-order valence-corrected chi connectivity index (χ2v) is 7.20. The number of nitrogens with one attached hydrogen (secondary N) is 2. The van der Waals surface area contributed by atoms with E-state index in [1.807, 2.05) is 12.3 Å². The minimum absolute atomic E-state index is 0. The van der Waals surface area contributed by atoms with E-state index in [1.54, 1.807) is 35.1 Å². The van der Waals surface area contributed by atoms with Crippen LogP contribution < -0.4 is 16.2 Å². The van der Waals surface area contributed by atoms with E-state index in [0.29, 0.717) is 13.1 Å². The molecular formula is C21H25IN4OS. The van der Waals surface area contributed by atoms with Gasteiger partial charge in [-0.05, 0) is 35.1 Å². The SMILES string of the molecule is CN=C(NCCc1cccs1)NCc1ccc(Cn2ccccc2=O)cc1.I. The van der Waals surface area contributed by atoms with Crippen LogP contribution in [0.3, 0.4) is 0 Å². The lowest BCUT2D eigenvalue weighted by atomic mass is 10.1. The molecule has 0 saturated carbocycles. The smallest absolute Gasteiger partial charge is 0.250 e. The van der Waals surface area contributed by atoms with Gasteiger partial charge < -0.3 is 15.2 Å². The number of rotatable bonds is 7. The molecule has 0 aliphatic carbocycles. The maximum Gasteiger partial charge on any atom is 0.250 e. The maximum absolute atomic E-state index is 11.8. The van der Waals surface area contributed by atoms with Crippen LogP contribution in [-0.2, 0) is 19.5 Å². The van der Waals surface area contributed by atoms with Crippen LogP contribution in [-0.4, -0.2) is 24.1 Å². The molecule has 0 spiro atoms. The lowest BCUT2D eigenvalue weighted by Gasteiger charge is -2.12. The van der Waals surface area contributed by atoms with Crippen molar-refractivity contribution in [3.63, 3.8) is 0 Å². The van der Waals surface area contributed by atoms with Gasteiger partial charge in [-0.2, -0.15) is 0 Å². The molecule has 7 heteroatoms. The van der Waals surface area contributed by atoms with Crippen LogP contribution in [0.1, 0.15) is 16.0 Å². The minimum atomic E-state index is 0. The molecule has 3 rings (SSSR count). The highest BCUT2D eigenvalue weighted by molar-refractivity contribution is 14.0. The van der Waals surface area contributed by atoms with Crippen molar-refractivity contribution in [1.82, 2.24) is 15.2 Å². The first-order valence-electron chi connectivity index (χ1n) is 8.95. The normalized spacial score (nSPS) is 11.0. The number of hydrogen-bond donors (Lipinski definition) is 2. The summed E-state index contributed by atoms with van der Waals surface area (Å²) in [5, 5.41) is 8.76. The number of aromatic nitrogens is 1.